The number of hydrogen-bond donors (Lipinski definition) is 1. The van der Waals surface area contributed by atoms with Crippen molar-refractivity contribution in [3.8, 4) is 27.4 Å². The van der Waals surface area contributed by atoms with Gasteiger partial charge in [-0.2, -0.15) is 13.2 Å². The summed E-state index contributed by atoms with van der Waals surface area (Å²) in [7, 11) is 0. The van der Waals surface area contributed by atoms with E-state index in [0.29, 0.717) is 58.4 Å². The van der Waals surface area contributed by atoms with Gasteiger partial charge in [-0.1, -0.05) is 17.3 Å². The van der Waals surface area contributed by atoms with Crippen LogP contribution in [0, 0.1) is 0 Å². The molecule has 2 amide bonds. The fraction of sp³-hybridized carbons (Fsp3) is 0.300. The molecule has 230 valence electrons. The number of piperazine rings is 1. The monoisotopic (exact) mass is 627 g/mol. The summed E-state index contributed by atoms with van der Waals surface area (Å²) in [6.45, 7) is 6.75. The molecule has 0 atom stereocenters. The van der Waals surface area contributed by atoms with Gasteiger partial charge in [0.1, 0.15) is 11.3 Å². The number of nitrogens with zero attached hydrogens (tertiary/aromatic N) is 5. The third-order valence-electron chi connectivity index (χ3n) is 6.75. The Morgan fingerprint density at radius 2 is 1.55 bits per heavy atom. The first-order valence-corrected chi connectivity index (χ1v) is 14.4. The molecule has 4 aromatic rings. The summed E-state index contributed by atoms with van der Waals surface area (Å²) in [5, 5.41) is 17.9. The Kier molecular flexibility index (Phi) is 8.21. The van der Waals surface area contributed by atoms with Gasteiger partial charge in [-0.05, 0) is 68.8 Å². The molecular weight excluding hydrogens is 599 g/mol. The highest BCUT2D eigenvalue weighted by Crippen LogP contribution is 2.33. The van der Waals surface area contributed by atoms with Crippen LogP contribution in [-0.4, -0.2) is 79.7 Å². The van der Waals surface area contributed by atoms with E-state index >= 15 is 0 Å². The maximum Gasteiger partial charge on any atom is 0.416 e. The van der Waals surface area contributed by atoms with Crippen LogP contribution in [0.2, 0.25) is 0 Å². The molecule has 0 spiro atoms. The molecule has 2 aromatic carbocycles. The number of benzene rings is 2. The first-order chi connectivity index (χ1) is 20.7. The minimum absolute atomic E-state index is 0.0244. The van der Waals surface area contributed by atoms with E-state index in [2.05, 4.69) is 10.3 Å². The van der Waals surface area contributed by atoms with Gasteiger partial charge in [0, 0.05) is 36.6 Å². The van der Waals surface area contributed by atoms with Gasteiger partial charge in [-0.15, -0.1) is 16.4 Å². The fourth-order valence-corrected chi connectivity index (χ4v) is 5.51. The van der Waals surface area contributed by atoms with Crippen molar-refractivity contribution >= 4 is 29.3 Å². The number of carbonyl (C=O) groups excluding carboxylic acids is 2. The van der Waals surface area contributed by atoms with Crippen LogP contribution in [0.4, 0.5) is 18.0 Å². The van der Waals surface area contributed by atoms with E-state index in [9.17, 15) is 32.7 Å². The summed E-state index contributed by atoms with van der Waals surface area (Å²) in [5.41, 5.74) is 0.185. The lowest BCUT2D eigenvalue weighted by molar-refractivity contribution is -0.137. The van der Waals surface area contributed by atoms with Crippen molar-refractivity contribution in [3.05, 3.63) is 76.8 Å². The van der Waals surface area contributed by atoms with Gasteiger partial charge in [-0.25, -0.2) is 14.3 Å². The van der Waals surface area contributed by atoms with E-state index in [1.165, 1.54) is 46.5 Å². The van der Waals surface area contributed by atoms with Gasteiger partial charge in [0.15, 0.2) is 0 Å². The number of amides is 2. The number of aromatic carboxylic acids is 1. The quantitative estimate of drug-likeness (QED) is 0.285. The smallest absolute Gasteiger partial charge is 0.416 e. The summed E-state index contributed by atoms with van der Waals surface area (Å²) >= 11 is 1.21. The van der Waals surface area contributed by atoms with Crippen molar-refractivity contribution in [2.75, 3.05) is 26.2 Å². The third-order valence-corrected chi connectivity index (χ3v) is 7.87. The molecular formula is C30H28F3N5O5S. The van der Waals surface area contributed by atoms with E-state index in [1.807, 2.05) is 0 Å². The van der Waals surface area contributed by atoms with E-state index < -0.39 is 29.4 Å². The van der Waals surface area contributed by atoms with Crippen molar-refractivity contribution in [2.45, 2.75) is 32.5 Å². The van der Waals surface area contributed by atoms with Crippen molar-refractivity contribution in [1.82, 2.24) is 24.8 Å². The topological polar surface area (TPSA) is 118 Å². The number of rotatable bonds is 5. The number of thiophene rings is 1. The van der Waals surface area contributed by atoms with Gasteiger partial charge in [0.05, 0.1) is 27.9 Å². The molecule has 44 heavy (non-hydrogen) atoms. The molecule has 10 nitrogen and oxygen atoms in total. The minimum atomic E-state index is -4.47. The number of halogens is 3. The van der Waals surface area contributed by atoms with E-state index in [1.54, 1.807) is 48.8 Å². The van der Waals surface area contributed by atoms with Crippen molar-refractivity contribution in [3.63, 3.8) is 0 Å². The lowest BCUT2D eigenvalue weighted by Gasteiger charge is -2.35. The summed E-state index contributed by atoms with van der Waals surface area (Å²) in [6.07, 6.45) is -3.39. The zero-order valence-corrected chi connectivity index (χ0v) is 24.8. The summed E-state index contributed by atoms with van der Waals surface area (Å²) < 4.78 is 45.6. The number of aromatic nitrogens is 3. The molecule has 1 aliphatic heterocycles. The van der Waals surface area contributed by atoms with Crippen LogP contribution < -0.4 is 0 Å². The van der Waals surface area contributed by atoms with Gasteiger partial charge < -0.3 is 19.6 Å². The Bertz CT molecular complexity index is 1700. The van der Waals surface area contributed by atoms with Gasteiger partial charge in [0.2, 0.25) is 0 Å². The van der Waals surface area contributed by atoms with Crippen LogP contribution in [-0.2, 0) is 10.9 Å². The van der Waals surface area contributed by atoms with Gasteiger partial charge in [0.25, 0.3) is 5.91 Å². The minimum Gasteiger partial charge on any atom is -0.478 e. The predicted octanol–water partition coefficient (Wildman–Crippen LogP) is 6.07. The van der Waals surface area contributed by atoms with Crippen LogP contribution in [0.3, 0.4) is 0 Å². The Balaban J connectivity index is 1.34. The Morgan fingerprint density at radius 3 is 2.16 bits per heavy atom. The second-order valence-electron chi connectivity index (χ2n) is 11.1. The number of carboxylic acid groups (broad SMARTS) is 1. The van der Waals surface area contributed by atoms with Gasteiger partial charge >= 0.3 is 18.2 Å². The Labute approximate surface area is 254 Å². The maximum absolute atomic E-state index is 13.2. The predicted molar refractivity (Wildman–Crippen MR) is 156 cm³/mol. The van der Waals surface area contributed by atoms with E-state index in [0.717, 1.165) is 12.1 Å². The second-order valence-corrected chi connectivity index (χ2v) is 12.2. The molecule has 0 unspecified atom stereocenters. The Hall–Kier alpha value is -4.72. The molecule has 1 aliphatic rings. The number of alkyl halides is 3. The molecule has 0 bridgehead atoms. The number of carboxylic acids is 1. The molecule has 1 fully saturated rings. The SMILES string of the molecule is CC(C)(C)OC(=O)N1CCN(C(=O)c2ccc(-c3cc(C(=O)O)cc(-n4cc(-c5ccc(C(F)(F)F)cc5)nn4)c3)s2)CC1. The summed E-state index contributed by atoms with van der Waals surface area (Å²) in [4.78, 5) is 41.9. The van der Waals surface area contributed by atoms with E-state index in [4.69, 9.17) is 4.74 Å². The largest absolute Gasteiger partial charge is 0.478 e. The van der Waals surface area contributed by atoms with Crippen LogP contribution in [0.1, 0.15) is 46.4 Å². The second kappa shape index (κ2) is 11.8. The van der Waals surface area contributed by atoms with Crippen LogP contribution in [0.25, 0.3) is 27.4 Å². The lowest BCUT2D eigenvalue weighted by atomic mass is 10.1. The molecule has 0 aliphatic carbocycles. The van der Waals surface area contributed by atoms with Crippen LogP contribution in [0.5, 0.6) is 0 Å². The van der Waals surface area contributed by atoms with E-state index in [-0.39, 0.29) is 11.5 Å². The van der Waals surface area contributed by atoms with Crippen molar-refractivity contribution in [2.24, 2.45) is 0 Å². The first-order valence-electron chi connectivity index (χ1n) is 13.5. The highest BCUT2D eigenvalue weighted by Gasteiger charge is 2.30. The molecule has 3 heterocycles. The zero-order valence-electron chi connectivity index (χ0n) is 24.0. The highest BCUT2D eigenvalue weighted by atomic mass is 32.1. The van der Waals surface area contributed by atoms with Crippen LogP contribution in [0.15, 0.2) is 60.8 Å². The summed E-state index contributed by atoms with van der Waals surface area (Å²) in [6, 6.07) is 12.5. The van der Waals surface area contributed by atoms with Crippen molar-refractivity contribution < 1.29 is 37.4 Å². The first kappa shape index (κ1) is 30.7. The molecule has 5 rings (SSSR count). The van der Waals surface area contributed by atoms with Crippen molar-refractivity contribution in [1.29, 1.82) is 0 Å². The maximum atomic E-state index is 13.2. The normalized spacial score (nSPS) is 14.0. The van der Waals surface area contributed by atoms with Crippen LogP contribution >= 0.6 is 11.3 Å². The average Bonchev–Trinajstić information content (AvgIpc) is 3.66. The number of ether oxygens (including phenoxy) is 1. The molecule has 1 saturated heterocycles. The molecule has 14 heteroatoms. The highest BCUT2D eigenvalue weighted by molar-refractivity contribution is 7.17. The third kappa shape index (κ3) is 6.91. The molecule has 2 aromatic heterocycles. The lowest BCUT2D eigenvalue weighted by Crippen LogP contribution is -2.51. The zero-order chi connectivity index (χ0) is 31.8. The Morgan fingerprint density at radius 1 is 0.886 bits per heavy atom. The fourth-order valence-electron chi connectivity index (χ4n) is 4.54. The molecule has 0 saturated carbocycles. The molecule has 0 radical (unpaired) electrons. The molecule has 1 N–H and O–H groups in total. The standard InChI is InChI=1S/C30H28F3N5O5S/c1-29(2,3)43-28(42)37-12-10-36(11-13-37)26(39)25-9-8-24(44-25)19-14-20(27(40)41)16-22(15-19)38-17-23(34-35-38)18-4-6-21(7-5-18)30(31,32)33/h4-9,14-17H,10-13H2,1-3H3,(H,40,41). The number of carbonyl (C=O) groups is 3. The summed E-state index contributed by atoms with van der Waals surface area (Å²) in [5.74, 6) is -1.37. The number of hydrogen-bond acceptors (Lipinski definition) is 7. The van der Waals surface area contributed by atoms with Gasteiger partial charge in [-0.3, -0.25) is 4.79 Å². The average molecular weight is 628 g/mol.